The van der Waals surface area contributed by atoms with Gasteiger partial charge in [0.2, 0.25) is 5.89 Å². The van der Waals surface area contributed by atoms with Gasteiger partial charge in [-0.25, -0.2) is 0 Å². The van der Waals surface area contributed by atoms with Crippen LogP contribution in [0.5, 0.6) is 0 Å². The number of benzene rings is 1. The average Bonchev–Trinajstić information content (AvgIpc) is 2.98. The lowest BCUT2D eigenvalue weighted by Gasteiger charge is -2.11. The first-order valence-corrected chi connectivity index (χ1v) is 7.71. The molecule has 0 saturated carbocycles. The Balaban J connectivity index is 0.00000288. The molecule has 2 aromatic rings. The fraction of sp³-hybridized carbons (Fsp3) is 0.471. The van der Waals surface area contributed by atoms with Crippen LogP contribution >= 0.6 is 24.0 Å². The highest BCUT2D eigenvalue weighted by Crippen LogP contribution is 2.19. The zero-order valence-electron chi connectivity index (χ0n) is 14.9. The zero-order valence-corrected chi connectivity index (χ0v) is 17.2. The van der Waals surface area contributed by atoms with Gasteiger partial charge in [0.15, 0.2) is 11.8 Å². The van der Waals surface area contributed by atoms with E-state index in [0.29, 0.717) is 30.8 Å². The monoisotopic (exact) mass is 443 g/mol. The van der Waals surface area contributed by atoms with Crippen LogP contribution in [0.3, 0.4) is 0 Å². The molecule has 0 atom stereocenters. The van der Waals surface area contributed by atoms with E-state index in [4.69, 9.17) is 4.52 Å². The Labute approximate surface area is 160 Å². The molecule has 0 amide bonds. The molecule has 0 aliphatic heterocycles. The number of nitrogens with zero attached hydrogens (tertiary/aromatic N) is 3. The molecular weight excluding hydrogens is 417 g/mol. The molecule has 0 saturated heterocycles. The Bertz CT molecular complexity index is 658. The summed E-state index contributed by atoms with van der Waals surface area (Å²) in [7, 11) is 1.74. The van der Waals surface area contributed by atoms with Crippen molar-refractivity contribution in [3.05, 3.63) is 47.1 Å². The number of aliphatic imine (C=N–C) groups is 1. The van der Waals surface area contributed by atoms with Gasteiger partial charge in [0, 0.05) is 19.0 Å². The third kappa shape index (κ3) is 6.10. The van der Waals surface area contributed by atoms with Crippen molar-refractivity contribution in [2.75, 3.05) is 7.05 Å². The Morgan fingerprint density at radius 3 is 2.29 bits per heavy atom. The lowest BCUT2D eigenvalue weighted by Crippen LogP contribution is -2.36. The van der Waals surface area contributed by atoms with Crippen LogP contribution in [0.1, 0.15) is 43.6 Å². The molecule has 0 aliphatic rings. The number of hydrogen-bond donors (Lipinski definition) is 2. The van der Waals surface area contributed by atoms with Crippen molar-refractivity contribution in [2.24, 2.45) is 4.99 Å². The second kappa shape index (κ2) is 9.00. The summed E-state index contributed by atoms with van der Waals surface area (Å²) in [5.74, 6) is 1.96. The molecule has 1 aromatic heterocycles. The molecule has 1 aromatic carbocycles. The SMILES string of the molecule is CN=C(NCc1ccc(C)cc1)NCc1noc(C(C)(C)C)n1.I. The van der Waals surface area contributed by atoms with Gasteiger partial charge in [-0.3, -0.25) is 4.99 Å². The number of guanidine groups is 1. The minimum atomic E-state index is -0.142. The van der Waals surface area contributed by atoms with Crippen LogP contribution in [0.4, 0.5) is 0 Å². The smallest absolute Gasteiger partial charge is 0.232 e. The maximum absolute atomic E-state index is 5.27. The number of nitrogens with one attached hydrogen (secondary N) is 2. The normalized spacial score (nSPS) is 11.8. The van der Waals surface area contributed by atoms with E-state index in [1.807, 2.05) is 20.8 Å². The van der Waals surface area contributed by atoms with Gasteiger partial charge >= 0.3 is 0 Å². The van der Waals surface area contributed by atoms with Gasteiger partial charge < -0.3 is 15.2 Å². The van der Waals surface area contributed by atoms with Crippen LogP contribution in [0.25, 0.3) is 0 Å². The minimum Gasteiger partial charge on any atom is -0.352 e. The topological polar surface area (TPSA) is 75.3 Å². The molecule has 0 fully saturated rings. The van der Waals surface area contributed by atoms with Gasteiger partial charge in [-0.1, -0.05) is 55.8 Å². The van der Waals surface area contributed by atoms with Crippen molar-refractivity contribution in [1.29, 1.82) is 0 Å². The van der Waals surface area contributed by atoms with Crippen LogP contribution in [-0.4, -0.2) is 23.1 Å². The number of aryl methyl sites for hydroxylation is 1. The maximum atomic E-state index is 5.27. The van der Waals surface area contributed by atoms with E-state index >= 15 is 0 Å². The lowest BCUT2D eigenvalue weighted by atomic mass is 9.97. The van der Waals surface area contributed by atoms with Gasteiger partial charge in [-0.2, -0.15) is 4.98 Å². The second-order valence-corrected chi connectivity index (χ2v) is 6.53. The number of hydrogen-bond acceptors (Lipinski definition) is 4. The Morgan fingerprint density at radius 1 is 1.12 bits per heavy atom. The van der Waals surface area contributed by atoms with Crippen LogP contribution in [0, 0.1) is 6.92 Å². The first kappa shape index (κ1) is 20.4. The van der Waals surface area contributed by atoms with Crippen molar-refractivity contribution >= 4 is 29.9 Å². The second-order valence-electron chi connectivity index (χ2n) is 6.53. The first-order chi connectivity index (χ1) is 10.9. The molecule has 6 nitrogen and oxygen atoms in total. The summed E-state index contributed by atoms with van der Waals surface area (Å²) in [4.78, 5) is 8.59. The van der Waals surface area contributed by atoms with E-state index in [1.54, 1.807) is 7.05 Å². The first-order valence-electron chi connectivity index (χ1n) is 7.71. The highest BCUT2D eigenvalue weighted by Gasteiger charge is 2.21. The van der Waals surface area contributed by atoms with E-state index in [9.17, 15) is 0 Å². The Kier molecular flexibility index (Phi) is 7.65. The van der Waals surface area contributed by atoms with Crippen LogP contribution in [0.15, 0.2) is 33.8 Å². The van der Waals surface area contributed by atoms with Gasteiger partial charge in [0.1, 0.15) is 0 Å². The van der Waals surface area contributed by atoms with Crippen molar-refractivity contribution in [1.82, 2.24) is 20.8 Å². The van der Waals surface area contributed by atoms with E-state index in [-0.39, 0.29) is 29.4 Å². The van der Waals surface area contributed by atoms with Crippen LogP contribution in [0.2, 0.25) is 0 Å². The molecular formula is C17H26IN5O. The molecule has 0 unspecified atom stereocenters. The van der Waals surface area contributed by atoms with Gasteiger partial charge in [0.05, 0.1) is 6.54 Å². The summed E-state index contributed by atoms with van der Waals surface area (Å²) >= 11 is 0. The summed E-state index contributed by atoms with van der Waals surface area (Å²) in [6, 6.07) is 8.40. The third-order valence-corrected chi connectivity index (χ3v) is 3.33. The molecule has 7 heteroatoms. The standard InChI is InChI=1S/C17H25N5O.HI/c1-12-6-8-13(9-7-12)10-19-16(18-5)20-11-14-21-15(23-22-14)17(2,3)4;/h6-9H,10-11H2,1-5H3,(H2,18,19,20);1H. The predicted molar refractivity (Wildman–Crippen MR) is 107 cm³/mol. The average molecular weight is 443 g/mol. The molecule has 2 N–H and O–H groups in total. The van der Waals surface area contributed by atoms with Gasteiger partial charge in [-0.15, -0.1) is 24.0 Å². The van der Waals surface area contributed by atoms with E-state index < -0.39 is 0 Å². The predicted octanol–water partition coefficient (Wildman–Crippen LogP) is 3.16. The lowest BCUT2D eigenvalue weighted by molar-refractivity contribution is 0.318. The molecule has 132 valence electrons. The van der Waals surface area contributed by atoms with Gasteiger partial charge in [0.25, 0.3) is 0 Å². The number of aromatic nitrogens is 2. The third-order valence-electron chi connectivity index (χ3n) is 3.33. The zero-order chi connectivity index (χ0) is 16.9. The minimum absolute atomic E-state index is 0. The number of halogens is 1. The summed E-state index contributed by atoms with van der Waals surface area (Å²) < 4.78 is 5.27. The molecule has 0 aliphatic carbocycles. The highest BCUT2D eigenvalue weighted by molar-refractivity contribution is 14.0. The summed E-state index contributed by atoms with van der Waals surface area (Å²) in [6.07, 6.45) is 0. The van der Waals surface area contributed by atoms with Crippen molar-refractivity contribution in [3.63, 3.8) is 0 Å². The van der Waals surface area contributed by atoms with E-state index in [0.717, 1.165) is 0 Å². The van der Waals surface area contributed by atoms with Crippen molar-refractivity contribution < 1.29 is 4.52 Å². The Morgan fingerprint density at radius 2 is 1.75 bits per heavy atom. The fourth-order valence-corrected chi connectivity index (χ4v) is 1.91. The van der Waals surface area contributed by atoms with Crippen molar-refractivity contribution in [3.8, 4) is 0 Å². The summed E-state index contributed by atoms with van der Waals surface area (Å²) in [6.45, 7) is 9.38. The highest BCUT2D eigenvalue weighted by atomic mass is 127. The molecule has 24 heavy (non-hydrogen) atoms. The Hall–Kier alpha value is -1.64. The molecule has 0 bridgehead atoms. The largest absolute Gasteiger partial charge is 0.352 e. The van der Waals surface area contributed by atoms with Crippen LogP contribution < -0.4 is 10.6 Å². The fourth-order valence-electron chi connectivity index (χ4n) is 1.91. The maximum Gasteiger partial charge on any atom is 0.232 e. The number of rotatable bonds is 4. The van der Waals surface area contributed by atoms with E-state index in [1.165, 1.54) is 11.1 Å². The quantitative estimate of drug-likeness (QED) is 0.432. The van der Waals surface area contributed by atoms with Crippen LogP contribution in [-0.2, 0) is 18.5 Å². The van der Waals surface area contributed by atoms with E-state index in [2.05, 4.69) is 57.0 Å². The summed E-state index contributed by atoms with van der Waals surface area (Å²) in [5.41, 5.74) is 2.31. The van der Waals surface area contributed by atoms with Gasteiger partial charge in [-0.05, 0) is 12.5 Å². The molecule has 0 spiro atoms. The molecule has 2 rings (SSSR count). The summed E-state index contributed by atoms with van der Waals surface area (Å²) in [5, 5.41) is 10.4. The van der Waals surface area contributed by atoms with Crippen molar-refractivity contribution in [2.45, 2.75) is 46.2 Å². The molecule has 1 heterocycles. The molecule has 0 radical (unpaired) electrons.